The number of benzene rings is 1. The van der Waals surface area contributed by atoms with Crippen molar-refractivity contribution in [2.45, 2.75) is 19.9 Å². The number of aromatic amines is 1. The van der Waals surface area contributed by atoms with E-state index in [2.05, 4.69) is 9.97 Å². The fourth-order valence-electron chi connectivity index (χ4n) is 2.18. The summed E-state index contributed by atoms with van der Waals surface area (Å²) in [6.45, 7) is 3.06. The summed E-state index contributed by atoms with van der Waals surface area (Å²) in [6, 6.07) is 5.99. The van der Waals surface area contributed by atoms with Gasteiger partial charge < -0.3 is 15.6 Å². The molecular weight excluding hydrogens is 240 g/mol. The molecule has 0 aliphatic carbocycles. The molecule has 3 N–H and O–H groups in total. The summed E-state index contributed by atoms with van der Waals surface area (Å²) >= 11 is 0. The minimum Gasteiger partial charge on any atom is -0.345 e. The third-order valence-electron chi connectivity index (χ3n) is 3.30. The maximum atomic E-state index is 12.1. The second kappa shape index (κ2) is 5.84. The van der Waals surface area contributed by atoms with E-state index in [1.807, 2.05) is 32.2 Å². The highest BCUT2D eigenvalue weighted by atomic mass is 16.2. The molecule has 5 heteroatoms. The van der Waals surface area contributed by atoms with E-state index >= 15 is 0 Å². The average Bonchev–Trinajstić information content (AvgIpc) is 2.85. The predicted molar refractivity (Wildman–Crippen MR) is 75.4 cm³/mol. The van der Waals surface area contributed by atoms with Crippen molar-refractivity contribution in [3.8, 4) is 0 Å². The van der Waals surface area contributed by atoms with E-state index < -0.39 is 0 Å². The Bertz CT molecular complexity index is 563. The van der Waals surface area contributed by atoms with Crippen LogP contribution in [0.15, 0.2) is 24.5 Å². The van der Waals surface area contributed by atoms with E-state index in [-0.39, 0.29) is 11.8 Å². The fourth-order valence-corrected chi connectivity index (χ4v) is 2.18. The number of carbonyl (C=O) groups excluding carboxylic acids is 1. The molecule has 0 bridgehead atoms. The lowest BCUT2D eigenvalue weighted by atomic mass is 10.1. The number of nitrogens with two attached hydrogens (primary N) is 1. The van der Waals surface area contributed by atoms with Crippen molar-refractivity contribution in [1.29, 1.82) is 0 Å². The normalized spacial score (nSPS) is 12.6. The van der Waals surface area contributed by atoms with Crippen molar-refractivity contribution in [2.75, 3.05) is 13.6 Å². The molecule has 102 valence electrons. The van der Waals surface area contributed by atoms with Gasteiger partial charge in [0.25, 0.3) is 0 Å². The van der Waals surface area contributed by atoms with E-state index in [1.165, 1.54) is 0 Å². The van der Waals surface area contributed by atoms with Crippen LogP contribution in [0.4, 0.5) is 0 Å². The number of nitrogens with zero attached hydrogens (tertiary/aromatic N) is 2. The van der Waals surface area contributed by atoms with Crippen LogP contribution in [0.5, 0.6) is 0 Å². The third kappa shape index (κ3) is 3.12. The molecule has 0 saturated carbocycles. The number of carbonyl (C=O) groups is 1. The van der Waals surface area contributed by atoms with Gasteiger partial charge in [-0.15, -0.1) is 0 Å². The van der Waals surface area contributed by atoms with Crippen molar-refractivity contribution >= 4 is 16.9 Å². The van der Waals surface area contributed by atoms with Crippen LogP contribution in [-0.4, -0.2) is 34.4 Å². The summed E-state index contributed by atoms with van der Waals surface area (Å²) in [5.41, 5.74) is 8.51. The smallest absolute Gasteiger partial charge is 0.225 e. The van der Waals surface area contributed by atoms with Gasteiger partial charge in [0.15, 0.2) is 0 Å². The van der Waals surface area contributed by atoms with Gasteiger partial charge in [0.1, 0.15) is 0 Å². The first kappa shape index (κ1) is 13.5. The Morgan fingerprint density at radius 1 is 1.53 bits per heavy atom. The molecule has 0 radical (unpaired) electrons. The summed E-state index contributed by atoms with van der Waals surface area (Å²) < 4.78 is 0. The van der Waals surface area contributed by atoms with Crippen LogP contribution in [0.2, 0.25) is 0 Å². The number of hydrogen-bond donors (Lipinski definition) is 2. The largest absolute Gasteiger partial charge is 0.345 e. The van der Waals surface area contributed by atoms with Gasteiger partial charge in [-0.2, -0.15) is 0 Å². The van der Waals surface area contributed by atoms with Crippen LogP contribution in [-0.2, 0) is 11.3 Å². The Morgan fingerprint density at radius 3 is 3.05 bits per heavy atom. The number of amides is 1. The molecule has 1 amide bonds. The molecule has 1 unspecified atom stereocenters. The lowest BCUT2D eigenvalue weighted by Gasteiger charge is -2.21. The minimum atomic E-state index is -0.0223. The van der Waals surface area contributed by atoms with Crippen molar-refractivity contribution in [3.05, 3.63) is 30.1 Å². The molecule has 0 aliphatic heterocycles. The van der Waals surface area contributed by atoms with Crippen molar-refractivity contribution < 1.29 is 4.79 Å². The molecule has 1 aromatic heterocycles. The minimum absolute atomic E-state index is 0.0223. The van der Waals surface area contributed by atoms with Crippen molar-refractivity contribution in [1.82, 2.24) is 14.9 Å². The SMILES string of the molecule is CC(CCN)C(=O)N(C)Cc1ccc2nc[nH]c2c1. The average molecular weight is 260 g/mol. The first-order valence-electron chi connectivity index (χ1n) is 6.49. The Balaban J connectivity index is 2.05. The number of H-pyrrole nitrogens is 1. The molecule has 1 aromatic carbocycles. The van der Waals surface area contributed by atoms with Crippen molar-refractivity contribution in [2.24, 2.45) is 11.7 Å². The summed E-state index contributed by atoms with van der Waals surface area (Å²) in [5, 5.41) is 0. The quantitative estimate of drug-likeness (QED) is 0.855. The van der Waals surface area contributed by atoms with Gasteiger partial charge in [0.2, 0.25) is 5.91 Å². The van der Waals surface area contributed by atoms with E-state index in [9.17, 15) is 4.79 Å². The van der Waals surface area contributed by atoms with E-state index in [1.54, 1.807) is 11.2 Å². The van der Waals surface area contributed by atoms with Gasteiger partial charge >= 0.3 is 0 Å². The maximum absolute atomic E-state index is 12.1. The standard InChI is InChI=1S/C14H20N4O/c1-10(5-6-15)14(19)18(2)8-11-3-4-12-13(7-11)17-9-16-12/h3-4,7,9-10H,5-6,8,15H2,1-2H3,(H,16,17). The fraction of sp³-hybridized carbons (Fsp3) is 0.429. The van der Waals surface area contributed by atoms with E-state index in [4.69, 9.17) is 5.73 Å². The lowest BCUT2D eigenvalue weighted by Crippen LogP contribution is -2.32. The monoisotopic (exact) mass is 260 g/mol. The molecule has 2 rings (SSSR count). The molecule has 0 saturated heterocycles. The van der Waals surface area contributed by atoms with Crippen molar-refractivity contribution in [3.63, 3.8) is 0 Å². The molecule has 5 nitrogen and oxygen atoms in total. The molecule has 2 aromatic rings. The highest BCUT2D eigenvalue weighted by Crippen LogP contribution is 2.14. The first-order chi connectivity index (χ1) is 9.11. The van der Waals surface area contributed by atoms with Gasteiger partial charge in [-0.3, -0.25) is 4.79 Å². The van der Waals surface area contributed by atoms with E-state index in [0.29, 0.717) is 13.1 Å². The van der Waals surface area contributed by atoms with Crippen LogP contribution in [0.1, 0.15) is 18.9 Å². The first-order valence-corrected chi connectivity index (χ1v) is 6.49. The molecule has 0 spiro atoms. The number of aromatic nitrogens is 2. The number of nitrogens with one attached hydrogen (secondary N) is 1. The molecule has 1 atom stereocenters. The number of rotatable bonds is 5. The number of hydrogen-bond acceptors (Lipinski definition) is 3. The Hall–Kier alpha value is -1.88. The second-order valence-corrected chi connectivity index (χ2v) is 4.93. The van der Waals surface area contributed by atoms with Crippen LogP contribution >= 0.6 is 0 Å². The summed E-state index contributed by atoms with van der Waals surface area (Å²) in [4.78, 5) is 21.1. The Labute approximate surface area is 112 Å². The third-order valence-corrected chi connectivity index (χ3v) is 3.30. The molecule has 0 fully saturated rings. The van der Waals surface area contributed by atoms with Gasteiger partial charge in [0.05, 0.1) is 17.4 Å². The molecule has 0 aliphatic rings. The van der Waals surface area contributed by atoms with Gasteiger partial charge in [-0.05, 0) is 30.7 Å². The summed E-state index contributed by atoms with van der Waals surface area (Å²) in [7, 11) is 1.83. The van der Waals surface area contributed by atoms with Crippen LogP contribution in [0.25, 0.3) is 11.0 Å². The van der Waals surface area contributed by atoms with Gasteiger partial charge in [0, 0.05) is 19.5 Å². The highest BCUT2D eigenvalue weighted by Gasteiger charge is 2.16. The summed E-state index contributed by atoms with van der Waals surface area (Å²) in [6.07, 6.45) is 2.40. The summed E-state index contributed by atoms with van der Waals surface area (Å²) in [5.74, 6) is 0.112. The van der Waals surface area contributed by atoms with Gasteiger partial charge in [-0.25, -0.2) is 4.98 Å². The Kier molecular flexibility index (Phi) is 4.16. The molecule has 19 heavy (non-hydrogen) atoms. The molecule has 1 heterocycles. The van der Waals surface area contributed by atoms with Gasteiger partial charge in [-0.1, -0.05) is 13.0 Å². The van der Waals surface area contributed by atoms with Crippen LogP contribution < -0.4 is 5.73 Å². The predicted octanol–water partition coefficient (Wildman–Crippen LogP) is 1.51. The zero-order chi connectivity index (χ0) is 13.8. The van der Waals surface area contributed by atoms with E-state index in [0.717, 1.165) is 23.0 Å². The topological polar surface area (TPSA) is 75.0 Å². The zero-order valence-corrected chi connectivity index (χ0v) is 11.4. The maximum Gasteiger partial charge on any atom is 0.225 e. The zero-order valence-electron chi connectivity index (χ0n) is 11.4. The number of imidazole rings is 1. The van der Waals surface area contributed by atoms with Crippen LogP contribution in [0.3, 0.4) is 0 Å². The second-order valence-electron chi connectivity index (χ2n) is 4.93. The number of fused-ring (bicyclic) bond motifs is 1. The van der Waals surface area contributed by atoms with Crippen LogP contribution in [0, 0.1) is 5.92 Å². The molecular formula is C14H20N4O. The lowest BCUT2D eigenvalue weighted by molar-refractivity contribution is -0.134. The Morgan fingerprint density at radius 2 is 2.32 bits per heavy atom. The highest BCUT2D eigenvalue weighted by molar-refractivity contribution is 5.79.